The summed E-state index contributed by atoms with van der Waals surface area (Å²) in [6.45, 7) is 5.70. The van der Waals surface area contributed by atoms with Gasteiger partial charge in [0.05, 0.1) is 6.04 Å². The molecule has 0 radical (unpaired) electrons. The van der Waals surface area contributed by atoms with E-state index in [1.165, 1.54) is 4.88 Å². The Morgan fingerprint density at radius 3 is 2.92 bits per heavy atom. The van der Waals surface area contributed by atoms with E-state index >= 15 is 0 Å². The lowest BCUT2D eigenvalue weighted by molar-refractivity contribution is 0.696. The lowest BCUT2D eigenvalue weighted by Crippen LogP contribution is -2.38. The maximum atomic E-state index is 4.66. The highest BCUT2D eigenvalue weighted by Crippen LogP contribution is 2.17. The first-order valence-corrected chi connectivity index (χ1v) is 9.02. The average Bonchev–Trinajstić information content (AvgIpc) is 3.25. The smallest absolute Gasteiger partial charge is 0.191 e. The van der Waals surface area contributed by atoms with Crippen molar-refractivity contribution >= 4 is 46.9 Å². The summed E-state index contributed by atoms with van der Waals surface area (Å²) in [6, 6.07) is 10.3. The van der Waals surface area contributed by atoms with Gasteiger partial charge in [-0.3, -0.25) is 9.39 Å². The van der Waals surface area contributed by atoms with Crippen LogP contribution in [0.3, 0.4) is 0 Å². The van der Waals surface area contributed by atoms with Crippen molar-refractivity contribution in [3.63, 3.8) is 0 Å². The molecule has 134 valence electrons. The average molecular weight is 470 g/mol. The summed E-state index contributed by atoms with van der Waals surface area (Å²) in [6.07, 6.45) is 2.73. The van der Waals surface area contributed by atoms with Gasteiger partial charge in [-0.1, -0.05) is 12.1 Å². The third kappa shape index (κ3) is 5.15. The summed E-state index contributed by atoms with van der Waals surface area (Å²) >= 11 is 1.75. The molecule has 3 aromatic rings. The molecule has 0 aromatic carbocycles. The van der Waals surface area contributed by atoms with Crippen molar-refractivity contribution in [2.24, 2.45) is 4.99 Å². The van der Waals surface area contributed by atoms with Crippen LogP contribution in [-0.2, 0) is 6.42 Å². The van der Waals surface area contributed by atoms with E-state index < -0.39 is 0 Å². The first-order valence-electron chi connectivity index (χ1n) is 8.15. The predicted octanol–water partition coefficient (Wildman–Crippen LogP) is 3.27. The number of fused-ring (bicyclic) bond motifs is 1. The zero-order valence-corrected chi connectivity index (χ0v) is 17.5. The largest absolute Gasteiger partial charge is 0.357 e. The van der Waals surface area contributed by atoms with E-state index in [9.17, 15) is 0 Å². The fourth-order valence-corrected chi connectivity index (χ4v) is 3.20. The van der Waals surface area contributed by atoms with Crippen LogP contribution in [-0.4, -0.2) is 33.6 Å². The maximum absolute atomic E-state index is 4.66. The van der Waals surface area contributed by atoms with Crippen molar-refractivity contribution in [2.75, 3.05) is 13.1 Å². The lowest BCUT2D eigenvalue weighted by Gasteiger charge is -2.16. The van der Waals surface area contributed by atoms with E-state index in [0.717, 1.165) is 30.4 Å². The van der Waals surface area contributed by atoms with Gasteiger partial charge in [-0.05, 0) is 37.4 Å². The second-order valence-corrected chi connectivity index (χ2v) is 6.42. The molecule has 0 spiro atoms. The van der Waals surface area contributed by atoms with Gasteiger partial charge in [-0.25, -0.2) is 0 Å². The highest BCUT2D eigenvalue weighted by molar-refractivity contribution is 14.0. The van der Waals surface area contributed by atoms with Crippen LogP contribution in [0.15, 0.2) is 46.9 Å². The summed E-state index contributed by atoms with van der Waals surface area (Å²) in [5.74, 6) is 1.75. The van der Waals surface area contributed by atoms with Crippen molar-refractivity contribution in [1.82, 2.24) is 25.2 Å². The Bertz CT molecular complexity index is 798. The molecule has 0 aliphatic heterocycles. The van der Waals surface area contributed by atoms with Crippen LogP contribution in [0.2, 0.25) is 0 Å². The number of guanidine groups is 1. The third-order valence-corrected chi connectivity index (χ3v) is 4.71. The zero-order chi connectivity index (χ0) is 16.8. The number of nitrogens with one attached hydrogen (secondary N) is 2. The highest BCUT2D eigenvalue weighted by Gasteiger charge is 2.09. The highest BCUT2D eigenvalue weighted by atomic mass is 127. The van der Waals surface area contributed by atoms with Crippen LogP contribution in [0.1, 0.15) is 30.6 Å². The number of hydrogen-bond acceptors (Lipinski definition) is 4. The number of aromatic nitrogens is 3. The minimum Gasteiger partial charge on any atom is -0.357 e. The maximum Gasteiger partial charge on any atom is 0.191 e. The molecular formula is C17H23IN6S. The number of aliphatic imine (C=N–C) groups is 1. The SMILES string of the molecule is CCNC(=NCCc1nnc2ccccn12)NC(C)c1cccs1.I. The van der Waals surface area contributed by atoms with E-state index in [1.54, 1.807) is 11.3 Å². The minimum absolute atomic E-state index is 0. The topological polar surface area (TPSA) is 66.6 Å². The first kappa shape index (κ1) is 19.6. The molecule has 1 atom stereocenters. The summed E-state index contributed by atoms with van der Waals surface area (Å²) in [5.41, 5.74) is 0.868. The molecule has 3 rings (SSSR count). The van der Waals surface area contributed by atoms with Gasteiger partial charge < -0.3 is 10.6 Å². The van der Waals surface area contributed by atoms with Crippen LogP contribution in [0.4, 0.5) is 0 Å². The Kier molecular flexibility index (Phi) is 7.63. The normalized spacial score (nSPS) is 12.6. The molecule has 0 saturated heterocycles. The fourth-order valence-electron chi connectivity index (χ4n) is 2.46. The van der Waals surface area contributed by atoms with Gasteiger partial charge in [0.1, 0.15) is 5.82 Å². The number of pyridine rings is 1. The van der Waals surface area contributed by atoms with Crippen LogP contribution in [0, 0.1) is 0 Å². The molecular weight excluding hydrogens is 447 g/mol. The van der Waals surface area contributed by atoms with Crippen molar-refractivity contribution in [1.29, 1.82) is 0 Å². The quantitative estimate of drug-likeness (QED) is 0.330. The molecule has 1 unspecified atom stereocenters. The van der Waals surface area contributed by atoms with Gasteiger partial charge in [0, 0.05) is 30.6 Å². The number of halogens is 1. The Hall–Kier alpha value is -1.68. The lowest BCUT2D eigenvalue weighted by atomic mass is 10.3. The van der Waals surface area contributed by atoms with Gasteiger partial charge in [0.2, 0.25) is 0 Å². The summed E-state index contributed by atoms with van der Waals surface area (Å²) in [5, 5.41) is 17.2. The summed E-state index contributed by atoms with van der Waals surface area (Å²) < 4.78 is 2.00. The molecule has 0 saturated carbocycles. The molecule has 0 aliphatic carbocycles. The Morgan fingerprint density at radius 2 is 2.16 bits per heavy atom. The van der Waals surface area contributed by atoms with Crippen molar-refractivity contribution in [3.05, 3.63) is 52.6 Å². The van der Waals surface area contributed by atoms with Crippen molar-refractivity contribution in [3.8, 4) is 0 Å². The molecule has 3 heterocycles. The second-order valence-electron chi connectivity index (χ2n) is 5.44. The van der Waals surface area contributed by atoms with E-state index in [4.69, 9.17) is 0 Å². The number of nitrogens with zero attached hydrogens (tertiary/aromatic N) is 4. The standard InChI is InChI=1S/C17H22N6S.HI/c1-3-18-17(20-13(2)14-7-6-12-24-14)19-10-9-16-22-21-15-8-4-5-11-23(15)16;/h4-8,11-13H,3,9-10H2,1-2H3,(H2,18,19,20);1H. The molecule has 0 fully saturated rings. The molecule has 0 amide bonds. The van der Waals surface area contributed by atoms with Crippen molar-refractivity contribution < 1.29 is 0 Å². The second kappa shape index (κ2) is 9.71. The van der Waals surface area contributed by atoms with Gasteiger partial charge in [0.25, 0.3) is 0 Å². The first-order chi connectivity index (χ1) is 11.8. The molecule has 3 aromatic heterocycles. The van der Waals surface area contributed by atoms with E-state index in [0.29, 0.717) is 6.54 Å². The third-order valence-electron chi connectivity index (χ3n) is 3.66. The molecule has 25 heavy (non-hydrogen) atoms. The van der Waals surface area contributed by atoms with Gasteiger partial charge in [0.15, 0.2) is 11.6 Å². The van der Waals surface area contributed by atoms with E-state index in [2.05, 4.69) is 57.2 Å². The van der Waals surface area contributed by atoms with E-state index in [1.807, 2.05) is 28.8 Å². The Labute approximate surface area is 168 Å². The zero-order valence-electron chi connectivity index (χ0n) is 14.3. The molecule has 6 nitrogen and oxygen atoms in total. The summed E-state index contributed by atoms with van der Waals surface area (Å²) in [7, 11) is 0. The van der Waals surface area contributed by atoms with Crippen LogP contribution < -0.4 is 10.6 Å². The number of hydrogen-bond donors (Lipinski definition) is 2. The minimum atomic E-state index is 0. The molecule has 0 aliphatic rings. The van der Waals surface area contributed by atoms with Gasteiger partial charge in [-0.15, -0.1) is 45.5 Å². The Morgan fingerprint density at radius 1 is 1.28 bits per heavy atom. The monoisotopic (exact) mass is 470 g/mol. The van der Waals surface area contributed by atoms with Crippen LogP contribution in [0.5, 0.6) is 0 Å². The van der Waals surface area contributed by atoms with Gasteiger partial charge in [-0.2, -0.15) is 0 Å². The predicted molar refractivity (Wildman–Crippen MR) is 114 cm³/mol. The van der Waals surface area contributed by atoms with Crippen LogP contribution in [0.25, 0.3) is 5.65 Å². The fraction of sp³-hybridized carbons (Fsp3) is 0.353. The summed E-state index contributed by atoms with van der Waals surface area (Å²) in [4.78, 5) is 5.96. The van der Waals surface area contributed by atoms with Gasteiger partial charge >= 0.3 is 0 Å². The number of thiophene rings is 1. The van der Waals surface area contributed by atoms with Crippen molar-refractivity contribution in [2.45, 2.75) is 26.3 Å². The Balaban J connectivity index is 0.00000225. The van der Waals surface area contributed by atoms with Crippen LogP contribution >= 0.6 is 35.3 Å². The molecule has 8 heteroatoms. The molecule has 2 N–H and O–H groups in total. The number of rotatable bonds is 6. The van der Waals surface area contributed by atoms with E-state index in [-0.39, 0.29) is 30.0 Å². The molecule has 0 bridgehead atoms.